The van der Waals surface area contributed by atoms with Gasteiger partial charge in [-0.25, -0.2) is 0 Å². The molecule has 0 saturated carbocycles. The molecule has 0 aromatic heterocycles. The second-order valence-electron chi connectivity index (χ2n) is 5.48. The van der Waals surface area contributed by atoms with Crippen molar-refractivity contribution in [3.63, 3.8) is 0 Å². The Morgan fingerprint density at radius 1 is 1.37 bits per heavy atom. The number of carbonyl (C=O) groups is 2. The number of nitrogens with one attached hydrogen (secondary N) is 1. The number of carbonyl (C=O) groups excluding carboxylic acids is 2. The number of likely N-dealkylation sites (tertiary alicyclic amines) is 1. The van der Waals surface area contributed by atoms with Gasteiger partial charge in [0.25, 0.3) is 0 Å². The summed E-state index contributed by atoms with van der Waals surface area (Å²) in [5.74, 6) is 0.323. The summed E-state index contributed by atoms with van der Waals surface area (Å²) < 4.78 is 0. The monoisotopic (exact) mass is 269 g/mol. The highest BCUT2D eigenvalue weighted by atomic mass is 16.2. The molecule has 5 nitrogen and oxygen atoms in total. The zero-order chi connectivity index (χ0) is 14.3. The van der Waals surface area contributed by atoms with Crippen LogP contribution in [0.15, 0.2) is 0 Å². The van der Waals surface area contributed by atoms with Crippen molar-refractivity contribution in [3.8, 4) is 0 Å². The van der Waals surface area contributed by atoms with E-state index in [0.717, 1.165) is 32.2 Å². The smallest absolute Gasteiger partial charge is 0.224 e. The van der Waals surface area contributed by atoms with Crippen LogP contribution in [0.3, 0.4) is 0 Å². The average molecular weight is 269 g/mol. The fourth-order valence-electron chi connectivity index (χ4n) is 2.33. The molecule has 1 fully saturated rings. The number of nitrogens with zero attached hydrogens (tertiary/aromatic N) is 1. The van der Waals surface area contributed by atoms with Crippen LogP contribution in [0.1, 0.15) is 46.0 Å². The minimum atomic E-state index is -0.0948. The van der Waals surface area contributed by atoms with Crippen LogP contribution in [0.5, 0.6) is 0 Å². The third-order valence-electron chi connectivity index (χ3n) is 3.54. The third-order valence-corrected chi connectivity index (χ3v) is 3.54. The van der Waals surface area contributed by atoms with E-state index in [2.05, 4.69) is 12.2 Å². The highest BCUT2D eigenvalue weighted by molar-refractivity contribution is 5.80. The van der Waals surface area contributed by atoms with Gasteiger partial charge in [-0.3, -0.25) is 9.59 Å². The number of unbranched alkanes of at least 4 members (excludes halogenated alkanes) is 1. The van der Waals surface area contributed by atoms with Gasteiger partial charge in [0, 0.05) is 38.0 Å². The summed E-state index contributed by atoms with van der Waals surface area (Å²) in [5, 5.41) is 2.97. The van der Waals surface area contributed by atoms with E-state index in [1.54, 1.807) is 0 Å². The van der Waals surface area contributed by atoms with Crippen molar-refractivity contribution >= 4 is 11.8 Å². The fraction of sp³-hybridized carbons (Fsp3) is 0.857. The van der Waals surface area contributed by atoms with Crippen LogP contribution in [0.2, 0.25) is 0 Å². The molecule has 1 unspecified atom stereocenters. The van der Waals surface area contributed by atoms with E-state index < -0.39 is 0 Å². The van der Waals surface area contributed by atoms with Crippen LogP contribution in [0.4, 0.5) is 0 Å². The Kier molecular flexibility index (Phi) is 6.84. The Morgan fingerprint density at radius 2 is 2.00 bits per heavy atom. The fourth-order valence-corrected chi connectivity index (χ4v) is 2.33. The van der Waals surface area contributed by atoms with Crippen molar-refractivity contribution in [3.05, 3.63) is 0 Å². The number of rotatable bonds is 6. The van der Waals surface area contributed by atoms with Gasteiger partial charge in [0.05, 0.1) is 0 Å². The third kappa shape index (κ3) is 5.59. The summed E-state index contributed by atoms with van der Waals surface area (Å²) in [7, 11) is 0. The van der Waals surface area contributed by atoms with E-state index in [0.29, 0.717) is 19.5 Å². The minimum Gasteiger partial charge on any atom is -0.356 e. The lowest BCUT2D eigenvalue weighted by Gasteiger charge is -2.31. The molecule has 1 aliphatic heterocycles. The van der Waals surface area contributed by atoms with Crippen molar-refractivity contribution in [2.45, 2.75) is 52.0 Å². The average Bonchev–Trinajstić information content (AvgIpc) is 2.38. The molecule has 1 saturated heterocycles. The van der Waals surface area contributed by atoms with Gasteiger partial charge in [0.2, 0.25) is 11.8 Å². The number of hydrogen-bond donors (Lipinski definition) is 2. The summed E-state index contributed by atoms with van der Waals surface area (Å²) in [6.07, 6.45) is 4.04. The Morgan fingerprint density at radius 3 is 2.53 bits per heavy atom. The van der Waals surface area contributed by atoms with E-state index in [1.165, 1.54) is 0 Å². The molecule has 0 bridgehead atoms. The summed E-state index contributed by atoms with van der Waals surface area (Å²) >= 11 is 0. The van der Waals surface area contributed by atoms with Gasteiger partial charge in [0.15, 0.2) is 0 Å². The molecule has 5 heteroatoms. The number of nitrogens with two attached hydrogens (primary N) is 1. The van der Waals surface area contributed by atoms with E-state index in [9.17, 15) is 9.59 Å². The quantitative estimate of drug-likeness (QED) is 0.703. The first-order chi connectivity index (χ1) is 9.04. The molecule has 0 aromatic carbocycles. The molecule has 1 aliphatic rings. The van der Waals surface area contributed by atoms with Crippen LogP contribution in [-0.4, -0.2) is 42.4 Å². The van der Waals surface area contributed by atoms with Gasteiger partial charge in [-0.05, 0) is 26.2 Å². The number of hydrogen-bond acceptors (Lipinski definition) is 3. The zero-order valence-corrected chi connectivity index (χ0v) is 12.2. The molecule has 110 valence electrons. The molecule has 0 radical (unpaired) electrons. The topological polar surface area (TPSA) is 75.4 Å². The molecule has 1 atom stereocenters. The van der Waals surface area contributed by atoms with Gasteiger partial charge < -0.3 is 16.0 Å². The molecule has 0 spiro atoms. The summed E-state index contributed by atoms with van der Waals surface area (Å²) in [6, 6.07) is -0.0948. The van der Waals surface area contributed by atoms with Crippen LogP contribution in [0.25, 0.3) is 0 Å². The summed E-state index contributed by atoms with van der Waals surface area (Å²) in [5.41, 5.74) is 5.63. The molecular weight excluding hydrogens is 242 g/mol. The molecule has 0 aromatic rings. The van der Waals surface area contributed by atoms with E-state index >= 15 is 0 Å². The van der Waals surface area contributed by atoms with Gasteiger partial charge in [-0.15, -0.1) is 0 Å². The molecule has 1 heterocycles. The highest BCUT2D eigenvalue weighted by Crippen LogP contribution is 2.18. The molecule has 2 amide bonds. The standard InChI is InChI=1S/C14H27N3O2/c1-3-4-7-16-14(19)12-5-8-17(9-6-12)13(18)10-11(2)15/h11-12H,3-10,15H2,1-2H3,(H,16,19). The molecule has 19 heavy (non-hydrogen) atoms. The maximum absolute atomic E-state index is 11.9. The Bertz CT molecular complexity index is 297. The van der Waals surface area contributed by atoms with Gasteiger partial charge in [-0.1, -0.05) is 13.3 Å². The van der Waals surface area contributed by atoms with Crippen molar-refractivity contribution in [2.24, 2.45) is 11.7 Å². The van der Waals surface area contributed by atoms with Crippen LogP contribution < -0.4 is 11.1 Å². The predicted molar refractivity (Wildman–Crippen MR) is 75.5 cm³/mol. The van der Waals surface area contributed by atoms with Gasteiger partial charge >= 0.3 is 0 Å². The second-order valence-corrected chi connectivity index (χ2v) is 5.48. The van der Waals surface area contributed by atoms with E-state index in [-0.39, 0.29) is 23.8 Å². The second kappa shape index (κ2) is 8.15. The SMILES string of the molecule is CCCCNC(=O)C1CCN(C(=O)CC(C)N)CC1. The zero-order valence-electron chi connectivity index (χ0n) is 12.2. The first-order valence-electron chi connectivity index (χ1n) is 7.35. The maximum Gasteiger partial charge on any atom is 0.224 e. The lowest BCUT2D eigenvalue weighted by Crippen LogP contribution is -2.44. The van der Waals surface area contributed by atoms with Crippen LogP contribution in [-0.2, 0) is 9.59 Å². The largest absolute Gasteiger partial charge is 0.356 e. The molecule has 0 aliphatic carbocycles. The molecule has 3 N–H and O–H groups in total. The molecular formula is C14H27N3O2. The lowest BCUT2D eigenvalue weighted by molar-refractivity contribution is -0.135. The maximum atomic E-state index is 11.9. The Balaban J connectivity index is 2.28. The van der Waals surface area contributed by atoms with E-state index in [1.807, 2.05) is 11.8 Å². The van der Waals surface area contributed by atoms with E-state index in [4.69, 9.17) is 5.73 Å². The summed E-state index contributed by atoms with van der Waals surface area (Å²) in [4.78, 5) is 25.6. The Labute approximate surface area is 115 Å². The van der Waals surface area contributed by atoms with Crippen LogP contribution in [0, 0.1) is 5.92 Å². The van der Waals surface area contributed by atoms with Gasteiger partial charge in [-0.2, -0.15) is 0 Å². The summed E-state index contributed by atoms with van der Waals surface area (Å²) in [6.45, 7) is 6.06. The van der Waals surface area contributed by atoms with Crippen molar-refractivity contribution in [1.29, 1.82) is 0 Å². The number of amides is 2. The Hall–Kier alpha value is -1.10. The lowest BCUT2D eigenvalue weighted by atomic mass is 9.95. The predicted octanol–water partition coefficient (Wildman–Crippen LogP) is 0.879. The normalized spacial score (nSPS) is 18.2. The minimum absolute atomic E-state index is 0.0659. The highest BCUT2D eigenvalue weighted by Gasteiger charge is 2.27. The molecule has 1 rings (SSSR count). The first-order valence-corrected chi connectivity index (χ1v) is 7.35. The van der Waals surface area contributed by atoms with Crippen molar-refractivity contribution < 1.29 is 9.59 Å². The van der Waals surface area contributed by atoms with Crippen molar-refractivity contribution in [1.82, 2.24) is 10.2 Å². The van der Waals surface area contributed by atoms with Crippen LogP contribution >= 0.6 is 0 Å². The number of piperidine rings is 1. The van der Waals surface area contributed by atoms with Crippen molar-refractivity contribution in [2.75, 3.05) is 19.6 Å². The van der Waals surface area contributed by atoms with Gasteiger partial charge in [0.1, 0.15) is 0 Å². The first kappa shape index (κ1) is 16.0.